The minimum atomic E-state index is -3.57. The molecule has 2 aromatic carbocycles. The number of sulfonamides is 1. The average Bonchev–Trinajstić information content (AvgIpc) is 2.53. The second-order valence-electron chi connectivity index (χ2n) is 5.95. The Kier molecular flexibility index (Phi) is 6.31. The first-order valence-electron chi connectivity index (χ1n) is 7.32. The van der Waals surface area contributed by atoms with Crippen LogP contribution >= 0.6 is 23.4 Å². The summed E-state index contributed by atoms with van der Waals surface area (Å²) < 4.78 is 39.8. The van der Waals surface area contributed by atoms with Crippen LogP contribution in [-0.4, -0.2) is 19.7 Å². The number of thioether (sulfide) groups is 1. The number of hydrogen-bond donors (Lipinski definition) is 1. The summed E-state index contributed by atoms with van der Waals surface area (Å²) in [6.45, 7) is 4.21. The van der Waals surface area contributed by atoms with E-state index in [9.17, 15) is 12.8 Å². The Hall–Kier alpha value is -1.08. The number of hydrogen-bond acceptors (Lipinski definition) is 3. The van der Waals surface area contributed by atoms with Gasteiger partial charge in [0.25, 0.3) is 0 Å². The van der Waals surface area contributed by atoms with Crippen LogP contribution in [0, 0.1) is 5.82 Å². The second-order valence-corrected chi connectivity index (χ2v) is 9.84. The molecule has 2 aromatic rings. The lowest BCUT2D eigenvalue weighted by Gasteiger charge is -2.24. The zero-order chi connectivity index (χ0) is 17.8. The largest absolute Gasteiger partial charge is 0.240 e. The molecule has 0 aromatic heterocycles. The Balaban J connectivity index is 1.93. The van der Waals surface area contributed by atoms with Gasteiger partial charge in [-0.15, -0.1) is 11.8 Å². The predicted octanol–water partition coefficient (Wildman–Crippen LogP) is 4.47. The lowest BCUT2D eigenvalue weighted by Crippen LogP contribution is -2.36. The Morgan fingerprint density at radius 1 is 1.08 bits per heavy atom. The summed E-state index contributed by atoms with van der Waals surface area (Å²) in [5.74, 6) is 0.411. The van der Waals surface area contributed by atoms with E-state index < -0.39 is 10.0 Å². The molecule has 130 valence electrons. The molecule has 3 nitrogen and oxygen atoms in total. The number of benzene rings is 2. The van der Waals surface area contributed by atoms with Gasteiger partial charge in [0.1, 0.15) is 5.82 Å². The van der Waals surface area contributed by atoms with Crippen LogP contribution in [-0.2, 0) is 15.8 Å². The van der Waals surface area contributed by atoms with Gasteiger partial charge in [-0.05, 0) is 55.8 Å². The van der Waals surface area contributed by atoms with E-state index in [0.717, 1.165) is 5.56 Å². The summed E-state index contributed by atoms with van der Waals surface area (Å²) in [6, 6.07) is 12.4. The first-order valence-corrected chi connectivity index (χ1v) is 10.2. The summed E-state index contributed by atoms with van der Waals surface area (Å²) in [6.07, 6.45) is 0. The van der Waals surface area contributed by atoms with Crippen LogP contribution in [0.5, 0.6) is 0 Å². The number of rotatable bonds is 7. The quantitative estimate of drug-likeness (QED) is 0.762. The van der Waals surface area contributed by atoms with Gasteiger partial charge in [-0.2, -0.15) is 0 Å². The molecule has 2 rings (SSSR count). The van der Waals surface area contributed by atoms with E-state index in [1.165, 1.54) is 24.3 Å². The van der Waals surface area contributed by atoms with Crippen LogP contribution in [0.15, 0.2) is 53.4 Å². The molecule has 0 unspecified atom stereocenters. The normalized spacial score (nSPS) is 12.3. The van der Waals surface area contributed by atoms with Crippen molar-refractivity contribution in [1.82, 2.24) is 4.72 Å². The van der Waals surface area contributed by atoms with Gasteiger partial charge < -0.3 is 0 Å². The molecule has 7 heteroatoms. The van der Waals surface area contributed by atoms with Crippen molar-refractivity contribution < 1.29 is 12.8 Å². The van der Waals surface area contributed by atoms with Gasteiger partial charge in [-0.1, -0.05) is 23.7 Å². The molecule has 1 N–H and O–H groups in total. The van der Waals surface area contributed by atoms with E-state index in [1.807, 2.05) is 13.8 Å². The van der Waals surface area contributed by atoms with Gasteiger partial charge in [-0.25, -0.2) is 17.5 Å². The highest BCUT2D eigenvalue weighted by Crippen LogP contribution is 2.28. The van der Waals surface area contributed by atoms with Crippen molar-refractivity contribution in [1.29, 1.82) is 0 Å². The van der Waals surface area contributed by atoms with Gasteiger partial charge in [0.05, 0.1) is 4.90 Å². The van der Waals surface area contributed by atoms with Crippen LogP contribution in [0.4, 0.5) is 4.39 Å². The van der Waals surface area contributed by atoms with Crippen LogP contribution in [0.1, 0.15) is 19.4 Å². The molecule has 0 aliphatic rings. The third kappa shape index (κ3) is 5.77. The lowest BCUT2D eigenvalue weighted by atomic mass is 10.2. The Bertz CT molecular complexity index is 775. The fourth-order valence-corrected chi connectivity index (χ4v) is 4.23. The van der Waals surface area contributed by atoms with Crippen LogP contribution < -0.4 is 4.72 Å². The average molecular weight is 388 g/mol. The van der Waals surface area contributed by atoms with Crippen molar-refractivity contribution in [3.63, 3.8) is 0 Å². The first kappa shape index (κ1) is 19.2. The Labute approximate surface area is 151 Å². The monoisotopic (exact) mass is 387 g/mol. The maximum atomic E-state index is 12.9. The van der Waals surface area contributed by atoms with Crippen LogP contribution in [0.25, 0.3) is 0 Å². The molecule has 0 aliphatic carbocycles. The highest BCUT2D eigenvalue weighted by Gasteiger charge is 2.23. The molecule has 0 heterocycles. The molecule has 0 saturated carbocycles. The molecule has 0 amide bonds. The third-order valence-electron chi connectivity index (χ3n) is 3.35. The van der Waals surface area contributed by atoms with E-state index in [1.54, 1.807) is 36.0 Å². The Morgan fingerprint density at radius 3 is 2.25 bits per heavy atom. The van der Waals surface area contributed by atoms with E-state index in [0.29, 0.717) is 10.8 Å². The predicted molar refractivity (Wildman–Crippen MR) is 98.4 cm³/mol. The maximum Gasteiger partial charge on any atom is 0.240 e. The first-order chi connectivity index (χ1) is 11.2. The second kappa shape index (κ2) is 7.87. The SMILES string of the molecule is CC(C)(CNS(=O)(=O)c1ccc(Cl)cc1)SCc1ccc(F)cc1. The summed E-state index contributed by atoms with van der Waals surface area (Å²) in [4.78, 5) is 0.186. The molecule has 0 spiro atoms. The van der Waals surface area contributed by atoms with E-state index in [4.69, 9.17) is 11.6 Å². The van der Waals surface area contributed by atoms with Crippen LogP contribution in [0.3, 0.4) is 0 Å². The summed E-state index contributed by atoms with van der Waals surface area (Å²) in [7, 11) is -3.57. The van der Waals surface area contributed by atoms with Crippen molar-refractivity contribution in [2.24, 2.45) is 0 Å². The van der Waals surface area contributed by atoms with Crippen molar-refractivity contribution in [3.05, 3.63) is 64.9 Å². The van der Waals surface area contributed by atoms with E-state index >= 15 is 0 Å². The molecular weight excluding hydrogens is 369 g/mol. The molecule has 24 heavy (non-hydrogen) atoms. The summed E-state index contributed by atoms with van der Waals surface area (Å²) in [5, 5.41) is 0.490. The van der Waals surface area contributed by atoms with E-state index in [-0.39, 0.29) is 22.0 Å². The fourth-order valence-electron chi connectivity index (χ4n) is 1.88. The molecule has 0 saturated heterocycles. The molecule has 0 atom stereocenters. The van der Waals surface area contributed by atoms with Gasteiger partial charge in [-0.3, -0.25) is 0 Å². The van der Waals surface area contributed by atoms with Crippen molar-refractivity contribution in [3.8, 4) is 0 Å². The third-order valence-corrected chi connectivity index (χ3v) is 6.43. The van der Waals surface area contributed by atoms with Crippen molar-refractivity contribution in [2.75, 3.05) is 6.54 Å². The zero-order valence-corrected chi connectivity index (χ0v) is 15.8. The topological polar surface area (TPSA) is 46.2 Å². The molecule has 0 radical (unpaired) electrons. The maximum absolute atomic E-state index is 12.9. The standard InChI is InChI=1S/C17H19ClFNO2S2/c1-17(2,23-11-13-3-7-15(19)8-4-13)12-20-24(21,22)16-9-5-14(18)6-10-16/h3-10,20H,11-12H2,1-2H3. The molecule has 0 aliphatic heterocycles. The van der Waals surface area contributed by atoms with Crippen LogP contribution in [0.2, 0.25) is 5.02 Å². The minimum absolute atomic E-state index is 0.186. The van der Waals surface area contributed by atoms with Gasteiger partial charge in [0.2, 0.25) is 10.0 Å². The van der Waals surface area contributed by atoms with Gasteiger partial charge in [0, 0.05) is 22.1 Å². The smallest absolute Gasteiger partial charge is 0.210 e. The summed E-state index contributed by atoms with van der Waals surface area (Å²) in [5.41, 5.74) is 0.995. The summed E-state index contributed by atoms with van der Waals surface area (Å²) >= 11 is 7.38. The Morgan fingerprint density at radius 2 is 1.67 bits per heavy atom. The zero-order valence-electron chi connectivity index (χ0n) is 13.4. The lowest BCUT2D eigenvalue weighted by molar-refractivity contribution is 0.570. The van der Waals surface area contributed by atoms with Gasteiger partial charge >= 0.3 is 0 Å². The number of nitrogens with one attached hydrogen (secondary N) is 1. The number of halogens is 2. The highest BCUT2D eigenvalue weighted by atomic mass is 35.5. The highest BCUT2D eigenvalue weighted by molar-refractivity contribution is 7.99. The molecule has 0 fully saturated rings. The van der Waals surface area contributed by atoms with Crippen molar-refractivity contribution >= 4 is 33.4 Å². The minimum Gasteiger partial charge on any atom is -0.210 e. The fraction of sp³-hybridized carbons (Fsp3) is 0.294. The van der Waals surface area contributed by atoms with E-state index in [2.05, 4.69) is 4.72 Å². The van der Waals surface area contributed by atoms with Crippen molar-refractivity contribution in [2.45, 2.75) is 29.2 Å². The van der Waals surface area contributed by atoms with Gasteiger partial charge in [0.15, 0.2) is 0 Å². The molecule has 0 bridgehead atoms. The molecular formula is C17H19ClFNO2S2.